The monoisotopic (exact) mass is 289 g/mol. The Labute approximate surface area is 120 Å². The molecule has 4 heteroatoms. The van der Waals surface area contributed by atoms with Crippen LogP contribution in [0.15, 0.2) is 0 Å². The summed E-state index contributed by atoms with van der Waals surface area (Å²) in [5.41, 5.74) is 0. The Morgan fingerprint density at radius 3 is 2.39 bits per heavy atom. The van der Waals surface area contributed by atoms with Crippen molar-refractivity contribution in [3.05, 3.63) is 0 Å². The van der Waals surface area contributed by atoms with Crippen molar-refractivity contribution in [1.29, 1.82) is 0 Å². The normalized spacial score (nSPS) is 25.2. The average molecular weight is 290 g/mol. The van der Waals surface area contributed by atoms with Crippen molar-refractivity contribution < 1.29 is 4.79 Å². The molecule has 0 aromatic rings. The lowest BCUT2D eigenvalue weighted by Crippen LogP contribution is -2.45. The summed E-state index contributed by atoms with van der Waals surface area (Å²) in [4.78, 5) is 11.8. The van der Waals surface area contributed by atoms with Crippen LogP contribution in [-0.2, 0) is 4.79 Å². The molecule has 1 fully saturated rings. The Hall–Kier alpha value is 0.170. The van der Waals surface area contributed by atoms with Gasteiger partial charge < -0.3 is 5.32 Å². The molecule has 0 bridgehead atoms. The van der Waals surface area contributed by atoms with Crippen LogP contribution >= 0.6 is 21.6 Å². The van der Waals surface area contributed by atoms with Crippen molar-refractivity contribution in [1.82, 2.24) is 5.32 Å². The van der Waals surface area contributed by atoms with E-state index in [-0.39, 0.29) is 16.6 Å². The first-order valence-corrected chi connectivity index (χ1v) is 9.16. The summed E-state index contributed by atoms with van der Waals surface area (Å²) in [7, 11) is 3.91. The summed E-state index contributed by atoms with van der Waals surface area (Å²) in [5, 5.41) is 3.81. The van der Waals surface area contributed by atoms with Crippen LogP contribution in [0.25, 0.3) is 0 Å². The predicted molar refractivity (Wildman–Crippen MR) is 84.0 cm³/mol. The van der Waals surface area contributed by atoms with Crippen LogP contribution < -0.4 is 5.32 Å². The molecule has 2 nitrogen and oxygen atoms in total. The molecule has 18 heavy (non-hydrogen) atoms. The molecular weight excluding hydrogens is 262 g/mol. The van der Waals surface area contributed by atoms with Gasteiger partial charge >= 0.3 is 0 Å². The highest BCUT2D eigenvalue weighted by Gasteiger charge is 2.29. The number of rotatable bonds is 4. The highest BCUT2D eigenvalue weighted by Crippen LogP contribution is 2.42. The highest BCUT2D eigenvalue weighted by molar-refractivity contribution is 8.77. The highest BCUT2D eigenvalue weighted by atomic mass is 33.1. The molecule has 1 aliphatic rings. The minimum atomic E-state index is 0.0906. The van der Waals surface area contributed by atoms with E-state index in [1.54, 1.807) is 0 Å². The van der Waals surface area contributed by atoms with Crippen molar-refractivity contribution in [3.8, 4) is 0 Å². The number of hydrogen-bond acceptors (Lipinski definition) is 3. The second-order valence-corrected chi connectivity index (χ2v) is 9.65. The summed E-state index contributed by atoms with van der Waals surface area (Å²) in [6, 6.07) is 0.369. The topological polar surface area (TPSA) is 29.1 Å². The molecule has 1 unspecified atom stereocenters. The van der Waals surface area contributed by atoms with Crippen molar-refractivity contribution in [2.75, 3.05) is 0 Å². The standard InChI is InChI=1S/C14H27NOS2/c1-10(2)13(16)15-11-8-6-7-9-12(11)17-18-14(3,4)5/h10-12H,6-9H2,1-5H3,(H,15,16)/t11-,12?/m0/s1. The van der Waals surface area contributed by atoms with Crippen molar-refractivity contribution >= 4 is 27.5 Å². The van der Waals surface area contributed by atoms with Crippen molar-refractivity contribution in [2.24, 2.45) is 5.92 Å². The SMILES string of the molecule is CC(C)C(=O)N[C@H]1CCCCC1SSC(C)(C)C. The summed E-state index contributed by atoms with van der Waals surface area (Å²) < 4.78 is 0.286. The zero-order valence-electron chi connectivity index (χ0n) is 12.3. The molecule has 0 aromatic heterocycles. The quantitative estimate of drug-likeness (QED) is 0.784. The average Bonchev–Trinajstić information content (AvgIpc) is 2.26. The molecule has 1 N–H and O–H groups in total. The first kappa shape index (κ1) is 16.2. The molecule has 0 radical (unpaired) electrons. The van der Waals surface area contributed by atoms with E-state index in [0.717, 1.165) is 6.42 Å². The molecule has 1 aliphatic carbocycles. The van der Waals surface area contributed by atoms with E-state index in [4.69, 9.17) is 0 Å². The van der Waals surface area contributed by atoms with Crippen LogP contribution in [0.4, 0.5) is 0 Å². The van der Waals surface area contributed by atoms with E-state index in [1.807, 2.05) is 35.4 Å². The van der Waals surface area contributed by atoms with Gasteiger partial charge in [-0.05, 0) is 12.8 Å². The number of amides is 1. The largest absolute Gasteiger partial charge is 0.352 e. The third kappa shape index (κ3) is 5.87. The smallest absolute Gasteiger partial charge is 0.222 e. The Morgan fingerprint density at radius 2 is 1.83 bits per heavy atom. The fraction of sp³-hybridized carbons (Fsp3) is 0.929. The minimum absolute atomic E-state index is 0.0906. The van der Waals surface area contributed by atoms with Crippen molar-refractivity contribution in [3.63, 3.8) is 0 Å². The third-order valence-corrected chi connectivity index (χ3v) is 6.91. The van der Waals surface area contributed by atoms with Gasteiger partial charge in [-0.25, -0.2) is 0 Å². The van der Waals surface area contributed by atoms with Gasteiger partial charge in [-0.1, -0.05) is 69.0 Å². The van der Waals surface area contributed by atoms with Gasteiger partial charge in [0.1, 0.15) is 0 Å². The molecule has 0 aliphatic heterocycles. The zero-order chi connectivity index (χ0) is 13.8. The molecular formula is C14H27NOS2. The number of carbonyl (C=O) groups is 1. The van der Waals surface area contributed by atoms with Crippen LogP contribution in [-0.4, -0.2) is 21.9 Å². The molecule has 1 rings (SSSR count). The van der Waals surface area contributed by atoms with E-state index in [0.29, 0.717) is 11.3 Å². The predicted octanol–water partition coefficient (Wildman–Crippen LogP) is 4.25. The number of hydrogen-bond donors (Lipinski definition) is 1. The van der Waals surface area contributed by atoms with E-state index in [9.17, 15) is 4.79 Å². The molecule has 0 heterocycles. The van der Waals surface area contributed by atoms with Crippen LogP contribution in [0.1, 0.15) is 60.3 Å². The van der Waals surface area contributed by atoms with Crippen LogP contribution in [0.2, 0.25) is 0 Å². The second-order valence-electron chi connectivity index (χ2n) is 6.38. The number of nitrogens with one attached hydrogen (secondary N) is 1. The van der Waals surface area contributed by atoms with Crippen LogP contribution in [0.5, 0.6) is 0 Å². The first-order valence-electron chi connectivity index (χ1n) is 6.94. The first-order chi connectivity index (χ1) is 8.29. The van der Waals surface area contributed by atoms with Gasteiger partial charge in [-0.3, -0.25) is 4.79 Å². The van der Waals surface area contributed by atoms with E-state index < -0.39 is 0 Å². The van der Waals surface area contributed by atoms with Crippen LogP contribution in [0, 0.1) is 5.92 Å². The van der Waals surface area contributed by atoms with Gasteiger partial charge in [-0.2, -0.15) is 0 Å². The molecule has 0 aromatic carbocycles. The molecule has 1 saturated carbocycles. The second kappa shape index (κ2) is 7.09. The Bertz CT molecular complexity index is 273. The van der Waals surface area contributed by atoms with Crippen LogP contribution in [0.3, 0.4) is 0 Å². The van der Waals surface area contributed by atoms with E-state index >= 15 is 0 Å². The molecule has 0 saturated heterocycles. The van der Waals surface area contributed by atoms with Gasteiger partial charge in [-0.15, -0.1) is 0 Å². The van der Waals surface area contributed by atoms with Gasteiger partial charge in [0.15, 0.2) is 0 Å². The minimum Gasteiger partial charge on any atom is -0.352 e. The van der Waals surface area contributed by atoms with Gasteiger partial charge in [0.2, 0.25) is 5.91 Å². The molecule has 106 valence electrons. The van der Waals surface area contributed by atoms with Gasteiger partial charge in [0, 0.05) is 22.0 Å². The van der Waals surface area contributed by atoms with Crippen molar-refractivity contribution in [2.45, 2.75) is 76.3 Å². The van der Waals surface area contributed by atoms with Gasteiger partial charge in [0.25, 0.3) is 0 Å². The lowest BCUT2D eigenvalue weighted by Gasteiger charge is -2.33. The zero-order valence-corrected chi connectivity index (χ0v) is 13.9. The lowest BCUT2D eigenvalue weighted by atomic mass is 9.94. The maximum atomic E-state index is 11.8. The molecule has 0 spiro atoms. The fourth-order valence-corrected chi connectivity index (χ4v) is 4.87. The summed E-state index contributed by atoms with van der Waals surface area (Å²) in [6.07, 6.45) is 4.92. The van der Waals surface area contributed by atoms with E-state index in [1.165, 1.54) is 19.3 Å². The fourth-order valence-electron chi connectivity index (χ4n) is 1.93. The molecule has 2 atom stereocenters. The Morgan fingerprint density at radius 1 is 1.22 bits per heavy atom. The summed E-state index contributed by atoms with van der Waals surface area (Å²) >= 11 is 0. The maximum Gasteiger partial charge on any atom is 0.222 e. The maximum absolute atomic E-state index is 11.8. The molecule has 1 amide bonds. The summed E-state index contributed by atoms with van der Waals surface area (Å²) in [6.45, 7) is 10.7. The van der Waals surface area contributed by atoms with Gasteiger partial charge in [0.05, 0.1) is 0 Å². The van der Waals surface area contributed by atoms with E-state index in [2.05, 4.69) is 26.1 Å². The third-order valence-electron chi connectivity index (χ3n) is 2.98. The Kier molecular flexibility index (Phi) is 6.39. The Balaban J connectivity index is 2.49. The number of carbonyl (C=O) groups excluding carboxylic acids is 1. The summed E-state index contributed by atoms with van der Waals surface area (Å²) in [5.74, 6) is 0.293. The lowest BCUT2D eigenvalue weighted by molar-refractivity contribution is -0.124.